The molecule has 0 amide bonds. The summed E-state index contributed by atoms with van der Waals surface area (Å²) >= 11 is 5.89. The van der Waals surface area contributed by atoms with E-state index >= 15 is 0 Å². The Bertz CT molecular complexity index is 582. The number of benzene rings is 2. The standard InChI is InChI=1S/C17H20ClNO2/c1-12(2)21-17-13(5-4-6-16(17)20-3)11-19-15-9-7-14(18)8-10-15/h4-10,12,19H,11H2,1-3H3. The first kappa shape index (κ1) is 15.5. The average Bonchev–Trinajstić information content (AvgIpc) is 2.47. The van der Waals surface area contributed by atoms with Gasteiger partial charge in [0, 0.05) is 22.8 Å². The van der Waals surface area contributed by atoms with Gasteiger partial charge in [0.05, 0.1) is 13.2 Å². The van der Waals surface area contributed by atoms with Crippen LogP contribution >= 0.6 is 11.6 Å². The zero-order chi connectivity index (χ0) is 15.2. The number of ether oxygens (including phenoxy) is 2. The Morgan fingerprint density at radius 3 is 2.43 bits per heavy atom. The van der Waals surface area contributed by atoms with Gasteiger partial charge in [-0.2, -0.15) is 0 Å². The molecule has 0 aliphatic carbocycles. The van der Waals surface area contributed by atoms with E-state index in [1.165, 1.54) is 0 Å². The first-order chi connectivity index (χ1) is 10.1. The molecule has 1 N–H and O–H groups in total. The van der Waals surface area contributed by atoms with Gasteiger partial charge >= 0.3 is 0 Å². The van der Waals surface area contributed by atoms with Gasteiger partial charge in [0.15, 0.2) is 11.5 Å². The zero-order valence-electron chi connectivity index (χ0n) is 12.5. The first-order valence-electron chi connectivity index (χ1n) is 6.92. The fourth-order valence-electron chi connectivity index (χ4n) is 2.00. The van der Waals surface area contributed by atoms with Gasteiger partial charge in [-0.1, -0.05) is 23.7 Å². The van der Waals surface area contributed by atoms with Crippen LogP contribution < -0.4 is 14.8 Å². The largest absolute Gasteiger partial charge is 0.493 e. The molecule has 112 valence electrons. The summed E-state index contributed by atoms with van der Waals surface area (Å²) in [4.78, 5) is 0. The lowest BCUT2D eigenvalue weighted by molar-refractivity contribution is 0.228. The molecule has 0 saturated carbocycles. The fraction of sp³-hybridized carbons (Fsp3) is 0.294. The van der Waals surface area contributed by atoms with Crippen LogP contribution in [0.5, 0.6) is 11.5 Å². The predicted octanol–water partition coefficient (Wildman–Crippen LogP) is 4.75. The Balaban J connectivity index is 2.16. The zero-order valence-corrected chi connectivity index (χ0v) is 13.3. The van der Waals surface area contributed by atoms with Gasteiger partial charge in [0.25, 0.3) is 0 Å². The Morgan fingerprint density at radius 2 is 1.81 bits per heavy atom. The SMILES string of the molecule is COc1cccc(CNc2ccc(Cl)cc2)c1OC(C)C. The second kappa shape index (κ2) is 7.23. The van der Waals surface area contributed by atoms with Crippen LogP contribution in [0.15, 0.2) is 42.5 Å². The minimum atomic E-state index is 0.0931. The molecule has 0 aromatic heterocycles. The predicted molar refractivity (Wildman–Crippen MR) is 87.5 cm³/mol. The van der Waals surface area contributed by atoms with Crippen LogP contribution in [0, 0.1) is 0 Å². The van der Waals surface area contributed by atoms with Gasteiger partial charge in [-0.25, -0.2) is 0 Å². The number of hydrogen-bond acceptors (Lipinski definition) is 3. The third kappa shape index (κ3) is 4.30. The topological polar surface area (TPSA) is 30.5 Å². The molecule has 0 aliphatic heterocycles. The molecule has 2 rings (SSSR count). The maximum atomic E-state index is 5.89. The maximum absolute atomic E-state index is 5.89. The van der Waals surface area contributed by atoms with Gasteiger partial charge in [0.1, 0.15) is 0 Å². The van der Waals surface area contributed by atoms with Crippen molar-refractivity contribution in [3.05, 3.63) is 53.1 Å². The van der Waals surface area contributed by atoms with Gasteiger partial charge in [-0.3, -0.25) is 0 Å². The quantitative estimate of drug-likeness (QED) is 0.835. The lowest BCUT2D eigenvalue weighted by Crippen LogP contribution is -2.10. The number of hydrogen-bond donors (Lipinski definition) is 1. The van der Waals surface area contributed by atoms with Gasteiger partial charge in [0.2, 0.25) is 0 Å². The van der Waals surface area contributed by atoms with E-state index in [0.29, 0.717) is 6.54 Å². The highest BCUT2D eigenvalue weighted by Crippen LogP contribution is 2.32. The summed E-state index contributed by atoms with van der Waals surface area (Å²) in [6.45, 7) is 4.66. The summed E-state index contributed by atoms with van der Waals surface area (Å²) in [5, 5.41) is 4.09. The number of anilines is 1. The summed E-state index contributed by atoms with van der Waals surface area (Å²) in [5.74, 6) is 1.54. The van der Waals surface area contributed by atoms with Crippen molar-refractivity contribution < 1.29 is 9.47 Å². The molecule has 4 heteroatoms. The Labute approximate surface area is 130 Å². The average molecular weight is 306 g/mol. The van der Waals surface area contributed by atoms with Crippen LogP contribution in [0.4, 0.5) is 5.69 Å². The normalized spacial score (nSPS) is 10.5. The lowest BCUT2D eigenvalue weighted by Gasteiger charge is -2.18. The molecule has 0 unspecified atom stereocenters. The van der Waals surface area contributed by atoms with Gasteiger partial charge < -0.3 is 14.8 Å². The highest BCUT2D eigenvalue weighted by atomic mass is 35.5. The van der Waals surface area contributed by atoms with Gasteiger partial charge in [-0.05, 0) is 44.2 Å². The van der Waals surface area contributed by atoms with Crippen LogP contribution in [0.2, 0.25) is 5.02 Å². The summed E-state index contributed by atoms with van der Waals surface area (Å²) < 4.78 is 11.3. The third-order valence-corrected chi connectivity index (χ3v) is 3.21. The van der Waals surface area contributed by atoms with E-state index < -0.39 is 0 Å². The van der Waals surface area contributed by atoms with E-state index in [9.17, 15) is 0 Å². The monoisotopic (exact) mass is 305 g/mol. The van der Waals surface area contributed by atoms with Crippen LogP contribution in [0.1, 0.15) is 19.4 Å². The van der Waals surface area contributed by atoms with Crippen molar-refractivity contribution in [3.63, 3.8) is 0 Å². The molecule has 0 radical (unpaired) electrons. The summed E-state index contributed by atoms with van der Waals surface area (Å²) in [6.07, 6.45) is 0.0931. The molecule has 0 saturated heterocycles. The highest BCUT2D eigenvalue weighted by Gasteiger charge is 2.12. The smallest absolute Gasteiger partial charge is 0.166 e. The minimum absolute atomic E-state index is 0.0931. The molecule has 3 nitrogen and oxygen atoms in total. The Hall–Kier alpha value is -1.87. The molecule has 0 heterocycles. The highest BCUT2D eigenvalue weighted by molar-refractivity contribution is 6.30. The Morgan fingerprint density at radius 1 is 1.10 bits per heavy atom. The van der Waals surface area contributed by atoms with Crippen LogP contribution in [0.25, 0.3) is 0 Å². The maximum Gasteiger partial charge on any atom is 0.166 e. The molecule has 21 heavy (non-hydrogen) atoms. The molecule has 0 atom stereocenters. The van der Waals surface area contributed by atoms with Crippen LogP contribution in [-0.2, 0) is 6.54 Å². The Kier molecular flexibility index (Phi) is 5.34. The van der Waals surface area contributed by atoms with Crippen molar-refractivity contribution in [1.82, 2.24) is 0 Å². The second-order valence-corrected chi connectivity index (χ2v) is 5.41. The van der Waals surface area contributed by atoms with Crippen molar-refractivity contribution in [1.29, 1.82) is 0 Å². The number of methoxy groups -OCH3 is 1. The van der Waals surface area contributed by atoms with Crippen LogP contribution in [0.3, 0.4) is 0 Å². The minimum Gasteiger partial charge on any atom is -0.493 e. The van der Waals surface area contributed by atoms with E-state index in [2.05, 4.69) is 5.32 Å². The van der Waals surface area contributed by atoms with Crippen molar-refractivity contribution in [3.8, 4) is 11.5 Å². The second-order valence-electron chi connectivity index (χ2n) is 4.98. The molecule has 0 spiro atoms. The van der Waals surface area contributed by atoms with Crippen LogP contribution in [-0.4, -0.2) is 13.2 Å². The molecule has 0 aliphatic rings. The third-order valence-electron chi connectivity index (χ3n) is 2.96. The molecule has 0 fully saturated rings. The molecule has 0 bridgehead atoms. The number of halogens is 1. The molecular formula is C17H20ClNO2. The first-order valence-corrected chi connectivity index (χ1v) is 7.30. The summed E-state index contributed by atoms with van der Waals surface area (Å²) in [6, 6.07) is 13.5. The van der Waals surface area contributed by atoms with Crippen molar-refractivity contribution >= 4 is 17.3 Å². The van der Waals surface area contributed by atoms with Crippen molar-refractivity contribution in [2.75, 3.05) is 12.4 Å². The van der Waals surface area contributed by atoms with E-state index in [-0.39, 0.29) is 6.10 Å². The number of rotatable bonds is 6. The molecular weight excluding hydrogens is 286 g/mol. The summed E-state index contributed by atoms with van der Waals surface area (Å²) in [7, 11) is 1.65. The van der Waals surface area contributed by atoms with Gasteiger partial charge in [-0.15, -0.1) is 0 Å². The van der Waals surface area contributed by atoms with Crippen molar-refractivity contribution in [2.45, 2.75) is 26.5 Å². The number of para-hydroxylation sites is 1. The summed E-state index contributed by atoms with van der Waals surface area (Å²) in [5.41, 5.74) is 2.07. The van der Waals surface area contributed by atoms with E-state index in [0.717, 1.165) is 27.8 Å². The molecule has 2 aromatic carbocycles. The lowest BCUT2D eigenvalue weighted by atomic mass is 10.1. The molecule has 2 aromatic rings. The van der Waals surface area contributed by atoms with E-state index in [1.807, 2.05) is 56.3 Å². The number of nitrogens with one attached hydrogen (secondary N) is 1. The van der Waals surface area contributed by atoms with Crippen molar-refractivity contribution in [2.24, 2.45) is 0 Å². The fourth-order valence-corrected chi connectivity index (χ4v) is 2.12. The van der Waals surface area contributed by atoms with E-state index in [1.54, 1.807) is 7.11 Å². The van der Waals surface area contributed by atoms with E-state index in [4.69, 9.17) is 21.1 Å².